The van der Waals surface area contributed by atoms with E-state index in [1.165, 1.54) is 18.5 Å². The highest BCUT2D eigenvalue weighted by molar-refractivity contribution is 5.95. The van der Waals surface area contributed by atoms with Crippen LogP contribution in [0.25, 0.3) is 10.9 Å². The highest BCUT2D eigenvalue weighted by atomic mass is 19.1. The number of halogens is 1. The lowest BCUT2D eigenvalue weighted by molar-refractivity contribution is -0.104. The van der Waals surface area contributed by atoms with Crippen molar-refractivity contribution in [2.45, 2.75) is 18.9 Å². The minimum Gasteiger partial charge on any atom is -0.495 e. The number of nitriles is 1. The van der Waals surface area contributed by atoms with Crippen molar-refractivity contribution < 1.29 is 18.7 Å². The molecule has 0 amide bonds. The molecule has 2 aromatic carbocycles. The third kappa shape index (κ3) is 7.63. The maximum Gasteiger partial charge on any atom is 0.150 e. The van der Waals surface area contributed by atoms with E-state index < -0.39 is 5.82 Å². The summed E-state index contributed by atoms with van der Waals surface area (Å²) in [6.45, 7) is 6.46. The molecule has 2 saturated heterocycles. The molecule has 0 atom stereocenters. The van der Waals surface area contributed by atoms with Crippen LogP contribution in [0.1, 0.15) is 12.8 Å². The molecule has 0 unspecified atom stereocenters. The fraction of sp³-hybridized carbons (Fsp3) is 0.303. The molecule has 6 rings (SSSR count). The number of methoxy groups -OCH3 is 1. The van der Waals surface area contributed by atoms with Gasteiger partial charge in [-0.05, 0) is 63.3 Å². The van der Waals surface area contributed by atoms with E-state index in [1.54, 1.807) is 37.6 Å². The predicted octanol–water partition coefficient (Wildman–Crippen LogP) is 5.55. The molecular weight excluding hydrogens is 575 g/mol. The quantitative estimate of drug-likeness (QED) is 0.183. The van der Waals surface area contributed by atoms with Crippen LogP contribution in [0.2, 0.25) is 0 Å². The fourth-order valence-corrected chi connectivity index (χ4v) is 5.15. The van der Waals surface area contributed by atoms with Crippen LogP contribution in [0, 0.1) is 23.1 Å². The summed E-state index contributed by atoms with van der Waals surface area (Å²) in [6, 6.07) is 14.6. The number of fused-ring (bicyclic) bond motifs is 1. The molecular formula is C33H35FN8O3. The van der Waals surface area contributed by atoms with E-state index in [0.29, 0.717) is 54.0 Å². The van der Waals surface area contributed by atoms with Crippen LogP contribution < -0.4 is 25.0 Å². The number of likely N-dealkylation sites (tertiary alicyclic amines) is 1. The number of benzene rings is 2. The fourth-order valence-electron chi connectivity index (χ4n) is 5.15. The molecule has 0 spiro atoms. The first-order valence-corrected chi connectivity index (χ1v) is 14.6. The number of pyridine rings is 1. The summed E-state index contributed by atoms with van der Waals surface area (Å²) >= 11 is 0. The van der Waals surface area contributed by atoms with E-state index in [9.17, 15) is 0 Å². The molecule has 2 fully saturated rings. The topological polar surface area (TPSA) is 129 Å². The Bertz CT molecular complexity index is 1690. The standard InChI is InChI=1S/C30H31FN8O2.C3H4O/c1-38-9-6-20(7-10-38)36-27-13-23-26(14-28(27)40-2)34-18-35-30(23)37-25-4-3-21(11-24(25)31)41-22-5-8-33-29(12-22)39-16-19(15-32)17-39;1-2-3-4/h3-5,8,11-14,18-20,36H,6-7,9-10,16-17H2,1-2H3,(H,34,35,37);2-3H,1H2. The molecule has 2 aliphatic heterocycles. The SMILES string of the molecule is C=CC=O.COc1cc2ncnc(Nc3ccc(Oc4ccnc(N5CC(C#N)C5)c4)cc3F)c2cc1NC1CCN(C)CC1. The van der Waals surface area contributed by atoms with E-state index in [0.717, 1.165) is 42.8 Å². The van der Waals surface area contributed by atoms with Gasteiger partial charge in [-0.1, -0.05) is 6.58 Å². The van der Waals surface area contributed by atoms with E-state index in [2.05, 4.69) is 50.2 Å². The van der Waals surface area contributed by atoms with Gasteiger partial charge in [-0.15, -0.1) is 0 Å². The van der Waals surface area contributed by atoms with Crippen molar-refractivity contribution in [1.82, 2.24) is 19.9 Å². The van der Waals surface area contributed by atoms with Gasteiger partial charge >= 0.3 is 0 Å². The monoisotopic (exact) mass is 610 g/mol. The minimum absolute atomic E-state index is 0.0200. The number of ether oxygens (including phenoxy) is 2. The molecule has 0 radical (unpaired) electrons. The number of piperidine rings is 1. The van der Waals surface area contributed by atoms with Gasteiger partial charge in [-0.25, -0.2) is 19.3 Å². The van der Waals surface area contributed by atoms with E-state index in [-0.39, 0.29) is 11.6 Å². The molecule has 232 valence electrons. The molecule has 12 heteroatoms. The van der Waals surface area contributed by atoms with Crippen molar-refractivity contribution in [3.63, 3.8) is 0 Å². The van der Waals surface area contributed by atoms with E-state index >= 15 is 4.39 Å². The van der Waals surface area contributed by atoms with Crippen LogP contribution in [-0.2, 0) is 4.79 Å². The highest BCUT2D eigenvalue weighted by Crippen LogP contribution is 2.35. The second-order valence-corrected chi connectivity index (χ2v) is 10.8. The second kappa shape index (κ2) is 14.5. The Morgan fingerprint density at radius 3 is 2.51 bits per heavy atom. The van der Waals surface area contributed by atoms with Crippen LogP contribution in [-0.4, -0.2) is 72.5 Å². The summed E-state index contributed by atoms with van der Waals surface area (Å²) in [5, 5.41) is 16.5. The van der Waals surface area contributed by atoms with Crippen LogP contribution in [0.4, 0.5) is 27.4 Å². The molecule has 0 aliphatic carbocycles. The van der Waals surface area contributed by atoms with Gasteiger partial charge in [0, 0.05) is 48.9 Å². The molecule has 4 aromatic rings. The number of hydrogen-bond acceptors (Lipinski definition) is 11. The van der Waals surface area contributed by atoms with Crippen LogP contribution in [0.15, 0.2) is 67.6 Å². The molecule has 2 aliphatic rings. The first kappa shape index (κ1) is 31.2. The Morgan fingerprint density at radius 2 is 1.82 bits per heavy atom. The molecule has 11 nitrogen and oxygen atoms in total. The number of rotatable bonds is 9. The van der Waals surface area contributed by atoms with Crippen LogP contribution in [0.3, 0.4) is 0 Å². The number of aromatic nitrogens is 3. The van der Waals surface area contributed by atoms with Gasteiger partial charge in [0.15, 0.2) is 0 Å². The molecule has 0 saturated carbocycles. The van der Waals surface area contributed by atoms with Crippen LogP contribution >= 0.6 is 0 Å². The van der Waals surface area contributed by atoms with Crippen molar-refractivity contribution in [2.24, 2.45) is 5.92 Å². The first-order valence-electron chi connectivity index (χ1n) is 14.6. The van der Waals surface area contributed by atoms with Gasteiger partial charge in [0.25, 0.3) is 0 Å². The summed E-state index contributed by atoms with van der Waals surface area (Å²) in [4.78, 5) is 26.6. The molecule has 0 bridgehead atoms. The van der Waals surface area contributed by atoms with Crippen molar-refractivity contribution in [2.75, 3.05) is 55.9 Å². The summed E-state index contributed by atoms with van der Waals surface area (Å²) in [7, 11) is 3.78. The number of aldehydes is 1. The number of carbonyl (C=O) groups excluding carboxylic acids is 1. The zero-order chi connectivity index (χ0) is 31.8. The molecule has 45 heavy (non-hydrogen) atoms. The Kier molecular flexibility index (Phi) is 10.0. The van der Waals surface area contributed by atoms with Gasteiger partial charge in [-0.3, -0.25) is 4.79 Å². The van der Waals surface area contributed by atoms with Gasteiger partial charge in [0.05, 0.1) is 36.0 Å². The lowest BCUT2D eigenvalue weighted by Gasteiger charge is -2.36. The lowest BCUT2D eigenvalue weighted by atomic mass is 10.0. The van der Waals surface area contributed by atoms with Gasteiger partial charge in [-0.2, -0.15) is 5.26 Å². The Hall–Kier alpha value is -5.28. The minimum atomic E-state index is -0.485. The Labute approximate surface area is 261 Å². The summed E-state index contributed by atoms with van der Waals surface area (Å²) in [5.41, 5.74) is 1.80. The second-order valence-electron chi connectivity index (χ2n) is 10.8. The van der Waals surface area contributed by atoms with Crippen molar-refractivity contribution in [1.29, 1.82) is 5.26 Å². The zero-order valence-electron chi connectivity index (χ0n) is 25.2. The Morgan fingerprint density at radius 1 is 1.07 bits per heavy atom. The molecule has 4 heterocycles. The predicted molar refractivity (Wildman–Crippen MR) is 172 cm³/mol. The smallest absolute Gasteiger partial charge is 0.150 e. The van der Waals surface area contributed by atoms with Gasteiger partial charge in [0.1, 0.15) is 47.3 Å². The lowest BCUT2D eigenvalue weighted by Crippen LogP contribution is -2.46. The van der Waals surface area contributed by atoms with Crippen LogP contribution in [0.5, 0.6) is 17.2 Å². The average Bonchev–Trinajstić information content (AvgIpc) is 3.03. The van der Waals surface area contributed by atoms with Crippen molar-refractivity contribution >= 4 is 40.2 Å². The number of nitrogens with zero attached hydrogens (tertiary/aromatic N) is 6. The molecule has 2 aromatic heterocycles. The normalized spacial score (nSPS) is 15.2. The maximum absolute atomic E-state index is 15.3. The summed E-state index contributed by atoms with van der Waals surface area (Å²) in [6.07, 6.45) is 6.99. The van der Waals surface area contributed by atoms with E-state index in [1.807, 2.05) is 17.0 Å². The first-order chi connectivity index (χ1) is 21.9. The summed E-state index contributed by atoms with van der Waals surface area (Å²) < 4.78 is 26.8. The summed E-state index contributed by atoms with van der Waals surface area (Å²) in [5.74, 6) is 2.34. The third-order valence-electron chi connectivity index (χ3n) is 7.67. The molecule has 2 N–H and O–H groups in total. The Balaban J connectivity index is 0.000000945. The van der Waals surface area contributed by atoms with Crippen molar-refractivity contribution in [3.8, 4) is 23.3 Å². The number of allylic oxidation sites excluding steroid dienone is 1. The van der Waals surface area contributed by atoms with Gasteiger partial charge in [0.2, 0.25) is 0 Å². The zero-order valence-corrected chi connectivity index (χ0v) is 25.2. The largest absolute Gasteiger partial charge is 0.495 e. The average molecular weight is 611 g/mol. The number of nitrogens with one attached hydrogen (secondary N) is 2. The highest BCUT2D eigenvalue weighted by Gasteiger charge is 2.27. The third-order valence-corrected chi connectivity index (χ3v) is 7.67. The number of hydrogen-bond donors (Lipinski definition) is 2. The van der Waals surface area contributed by atoms with E-state index in [4.69, 9.17) is 19.5 Å². The van der Waals surface area contributed by atoms with Gasteiger partial charge < -0.3 is 29.9 Å². The van der Waals surface area contributed by atoms with Crippen molar-refractivity contribution in [3.05, 3.63) is 73.5 Å². The number of anilines is 4. The maximum atomic E-state index is 15.3. The number of carbonyl (C=O) groups is 1.